The van der Waals surface area contributed by atoms with Gasteiger partial charge < -0.3 is 9.84 Å². The molecule has 3 aromatic rings. The summed E-state index contributed by atoms with van der Waals surface area (Å²) in [5.41, 5.74) is 1.71. The van der Waals surface area contributed by atoms with Crippen LogP contribution in [0.15, 0.2) is 48.5 Å². The fourth-order valence-electron chi connectivity index (χ4n) is 2.40. The number of benzene rings is 2. The Bertz CT molecular complexity index is 851. The third-order valence-corrected chi connectivity index (χ3v) is 3.67. The molecule has 0 amide bonds. The summed E-state index contributed by atoms with van der Waals surface area (Å²) in [6, 6.07) is 14.9. The van der Waals surface area contributed by atoms with Gasteiger partial charge in [-0.05, 0) is 42.8 Å². The maximum Gasteiger partial charge on any atom is 0.174 e. The minimum atomic E-state index is 0.199. The number of aromatic hydroxyl groups is 1. The number of ether oxygens (including phenoxy) is 1. The lowest BCUT2D eigenvalue weighted by Crippen LogP contribution is -1.99. The number of nitrogens with zero attached hydrogens (tertiary/aromatic N) is 3. The summed E-state index contributed by atoms with van der Waals surface area (Å²) in [4.78, 5) is 4.54. The Morgan fingerprint density at radius 1 is 1.08 bits per heavy atom. The van der Waals surface area contributed by atoms with E-state index in [1.807, 2.05) is 55.5 Å². The molecule has 5 heteroatoms. The molecule has 0 unspecified atom stereocenters. The van der Waals surface area contributed by atoms with Crippen LogP contribution in [0.3, 0.4) is 0 Å². The predicted octanol–water partition coefficient (Wildman–Crippen LogP) is 3.85. The lowest BCUT2D eigenvalue weighted by Gasteiger charge is -2.04. The minimum Gasteiger partial charge on any atom is -0.507 e. The van der Waals surface area contributed by atoms with Gasteiger partial charge in [-0.15, -0.1) is 0 Å². The second kappa shape index (κ2) is 7.00. The number of aromatic nitrogens is 3. The minimum absolute atomic E-state index is 0.199. The summed E-state index contributed by atoms with van der Waals surface area (Å²) in [6.07, 6.45) is 3.81. The van der Waals surface area contributed by atoms with Crippen LogP contribution in [0.4, 0.5) is 0 Å². The van der Waals surface area contributed by atoms with E-state index in [2.05, 4.69) is 10.1 Å². The Morgan fingerprint density at radius 3 is 2.50 bits per heavy atom. The van der Waals surface area contributed by atoms with Crippen molar-refractivity contribution in [2.24, 2.45) is 0 Å². The number of para-hydroxylation sites is 1. The normalized spacial score (nSPS) is 11.1. The van der Waals surface area contributed by atoms with E-state index >= 15 is 0 Å². The molecule has 1 heterocycles. The molecule has 3 rings (SSSR count). The highest BCUT2D eigenvalue weighted by Crippen LogP contribution is 2.27. The highest BCUT2D eigenvalue weighted by atomic mass is 16.5. The van der Waals surface area contributed by atoms with E-state index in [1.54, 1.807) is 23.9 Å². The molecule has 0 fully saturated rings. The van der Waals surface area contributed by atoms with Gasteiger partial charge in [0.25, 0.3) is 0 Å². The highest BCUT2D eigenvalue weighted by Gasteiger charge is 2.12. The first kappa shape index (κ1) is 15.8. The number of aryl methyl sites for hydroxylation is 1. The van der Waals surface area contributed by atoms with Gasteiger partial charge in [-0.3, -0.25) is 0 Å². The predicted molar refractivity (Wildman–Crippen MR) is 94.7 cm³/mol. The van der Waals surface area contributed by atoms with Crippen LogP contribution in [0.1, 0.15) is 18.3 Å². The number of hydrogen-bond acceptors (Lipinski definition) is 4. The molecule has 0 aliphatic carbocycles. The van der Waals surface area contributed by atoms with E-state index in [0.29, 0.717) is 23.8 Å². The molecule has 0 spiro atoms. The van der Waals surface area contributed by atoms with Crippen LogP contribution in [-0.2, 0) is 6.54 Å². The lowest BCUT2D eigenvalue weighted by molar-refractivity contribution is 0.415. The van der Waals surface area contributed by atoms with Gasteiger partial charge in [0.15, 0.2) is 11.6 Å². The molecule has 0 bridgehead atoms. The molecule has 0 saturated heterocycles. The zero-order chi connectivity index (χ0) is 16.9. The fourth-order valence-corrected chi connectivity index (χ4v) is 2.40. The van der Waals surface area contributed by atoms with Crippen molar-refractivity contribution in [3.63, 3.8) is 0 Å². The van der Waals surface area contributed by atoms with Gasteiger partial charge in [0.1, 0.15) is 11.5 Å². The van der Waals surface area contributed by atoms with Crippen LogP contribution in [-0.4, -0.2) is 27.0 Å². The topological polar surface area (TPSA) is 60.2 Å². The summed E-state index contributed by atoms with van der Waals surface area (Å²) < 4.78 is 6.93. The zero-order valence-corrected chi connectivity index (χ0v) is 13.7. The smallest absolute Gasteiger partial charge is 0.174 e. The van der Waals surface area contributed by atoms with Gasteiger partial charge in [-0.2, -0.15) is 5.10 Å². The molecule has 0 radical (unpaired) electrons. The van der Waals surface area contributed by atoms with Crippen LogP contribution in [0.25, 0.3) is 23.5 Å². The second-order valence-electron chi connectivity index (χ2n) is 5.23. The van der Waals surface area contributed by atoms with E-state index in [4.69, 9.17) is 4.74 Å². The summed E-state index contributed by atoms with van der Waals surface area (Å²) in [7, 11) is 1.65. The molecule has 0 aliphatic rings. The molecule has 122 valence electrons. The quantitative estimate of drug-likeness (QED) is 0.775. The van der Waals surface area contributed by atoms with Crippen LogP contribution >= 0.6 is 0 Å². The van der Waals surface area contributed by atoms with Crippen LogP contribution in [0.2, 0.25) is 0 Å². The summed E-state index contributed by atoms with van der Waals surface area (Å²) in [5.74, 6) is 2.28. The molecular weight excluding hydrogens is 302 g/mol. The lowest BCUT2D eigenvalue weighted by atomic mass is 10.2. The van der Waals surface area contributed by atoms with Crippen molar-refractivity contribution in [3.05, 3.63) is 59.9 Å². The van der Waals surface area contributed by atoms with E-state index < -0.39 is 0 Å². The third-order valence-electron chi connectivity index (χ3n) is 3.67. The van der Waals surface area contributed by atoms with Crippen LogP contribution < -0.4 is 4.74 Å². The van der Waals surface area contributed by atoms with Gasteiger partial charge in [-0.1, -0.05) is 30.3 Å². The SMILES string of the molecule is CCn1nc(/C=C/c2ccc(OC)cc2)nc1-c1ccccc1O. The molecule has 5 nitrogen and oxygen atoms in total. The molecule has 1 aromatic heterocycles. The monoisotopic (exact) mass is 321 g/mol. The van der Waals surface area contributed by atoms with E-state index in [1.165, 1.54) is 0 Å². The summed E-state index contributed by atoms with van der Waals surface area (Å²) in [6.45, 7) is 2.67. The summed E-state index contributed by atoms with van der Waals surface area (Å²) >= 11 is 0. The Morgan fingerprint density at radius 2 is 1.83 bits per heavy atom. The first-order valence-corrected chi connectivity index (χ1v) is 7.76. The average Bonchev–Trinajstić information content (AvgIpc) is 3.04. The number of phenolic OH excluding ortho intramolecular Hbond substituents is 1. The van der Waals surface area contributed by atoms with Crippen LogP contribution in [0, 0.1) is 0 Å². The molecule has 24 heavy (non-hydrogen) atoms. The van der Waals surface area contributed by atoms with Gasteiger partial charge in [-0.25, -0.2) is 9.67 Å². The van der Waals surface area contributed by atoms with Crippen LogP contribution in [0.5, 0.6) is 11.5 Å². The molecule has 0 atom stereocenters. The maximum absolute atomic E-state index is 10.0. The van der Waals surface area contributed by atoms with Gasteiger partial charge >= 0.3 is 0 Å². The van der Waals surface area contributed by atoms with Crippen molar-refractivity contribution >= 4 is 12.2 Å². The Hall–Kier alpha value is -3.08. The first-order chi connectivity index (χ1) is 11.7. The molecule has 0 saturated carbocycles. The van der Waals surface area contributed by atoms with Crippen molar-refractivity contribution in [3.8, 4) is 22.9 Å². The number of phenols is 1. The summed E-state index contributed by atoms with van der Waals surface area (Å²) in [5, 5.41) is 14.5. The van der Waals surface area contributed by atoms with Crippen molar-refractivity contribution in [2.45, 2.75) is 13.5 Å². The molecule has 1 N–H and O–H groups in total. The van der Waals surface area contributed by atoms with Gasteiger partial charge in [0, 0.05) is 6.54 Å². The molecule has 0 aliphatic heterocycles. The van der Waals surface area contributed by atoms with Crippen molar-refractivity contribution in [2.75, 3.05) is 7.11 Å². The number of rotatable bonds is 5. The van der Waals surface area contributed by atoms with Crippen molar-refractivity contribution in [1.82, 2.24) is 14.8 Å². The maximum atomic E-state index is 10.0. The fraction of sp³-hybridized carbons (Fsp3) is 0.158. The van der Waals surface area contributed by atoms with E-state index in [-0.39, 0.29) is 5.75 Å². The van der Waals surface area contributed by atoms with E-state index in [0.717, 1.165) is 11.3 Å². The van der Waals surface area contributed by atoms with Gasteiger partial charge in [0.2, 0.25) is 0 Å². The first-order valence-electron chi connectivity index (χ1n) is 7.76. The zero-order valence-electron chi connectivity index (χ0n) is 13.7. The highest BCUT2D eigenvalue weighted by molar-refractivity contribution is 5.69. The number of methoxy groups -OCH3 is 1. The van der Waals surface area contributed by atoms with E-state index in [9.17, 15) is 5.11 Å². The molecular formula is C19H19N3O2. The Kier molecular flexibility index (Phi) is 4.61. The van der Waals surface area contributed by atoms with Crippen molar-refractivity contribution < 1.29 is 9.84 Å². The third kappa shape index (κ3) is 3.30. The number of hydrogen-bond donors (Lipinski definition) is 1. The molecule has 2 aromatic carbocycles. The Labute approximate surface area is 140 Å². The largest absolute Gasteiger partial charge is 0.507 e. The van der Waals surface area contributed by atoms with Crippen molar-refractivity contribution in [1.29, 1.82) is 0 Å². The van der Waals surface area contributed by atoms with Gasteiger partial charge in [0.05, 0.1) is 12.7 Å². The Balaban J connectivity index is 1.89. The standard InChI is InChI=1S/C19H19N3O2/c1-3-22-19(16-6-4-5-7-17(16)23)20-18(21-22)13-10-14-8-11-15(24-2)12-9-14/h4-13,23H,3H2,1-2H3/b13-10+. The second-order valence-corrected chi connectivity index (χ2v) is 5.23. The average molecular weight is 321 g/mol.